The molecule has 72 heavy (non-hydrogen) atoms. The van der Waals surface area contributed by atoms with Gasteiger partial charge in [-0.2, -0.15) is 10.2 Å². The first-order valence-corrected chi connectivity index (χ1v) is 23.5. The lowest BCUT2D eigenvalue weighted by molar-refractivity contribution is -0.138. The number of imidazole rings is 1. The minimum atomic E-state index is -0.929. The van der Waals surface area contributed by atoms with Crippen LogP contribution in [0.5, 0.6) is 11.5 Å². The normalized spacial score (nSPS) is 11.7. The fourth-order valence-electron chi connectivity index (χ4n) is 8.03. The molecular weight excluding hydrogens is 933 g/mol. The maximum atomic E-state index is 13.9. The second-order valence-electron chi connectivity index (χ2n) is 16.5. The number of carboxylic acids is 1. The van der Waals surface area contributed by atoms with Crippen molar-refractivity contribution in [3.63, 3.8) is 0 Å². The van der Waals surface area contributed by atoms with Crippen LogP contribution in [0.15, 0.2) is 54.7 Å². The molecule has 382 valence electrons. The number of nitrogens with one attached hydrogen (secondary N) is 1. The average molecular weight is 993 g/mol. The molecule has 6 N–H and O–H groups in total. The number of carboxylic acid groups (broad SMARTS) is 1. The van der Waals surface area contributed by atoms with Gasteiger partial charge in [-0.25, -0.2) is 15.0 Å². The lowest BCUT2D eigenvalue weighted by atomic mass is 10.1. The average Bonchev–Trinajstić information content (AvgIpc) is 4.12. The second kappa shape index (κ2) is 24.4. The minimum absolute atomic E-state index is 0.0779. The lowest BCUT2D eigenvalue weighted by Crippen LogP contribution is -2.20. The van der Waals surface area contributed by atoms with Crippen LogP contribution in [-0.2, 0) is 49.9 Å². The zero-order valence-corrected chi connectivity index (χ0v) is 41.0. The Hall–Kier alpha value is -7.73. The van der Waals surface area contributed by atoms with E-state index < -0.39 is 23.7 Å². The van der Waals surface area contributed by atoms with E-state index in [2.05, 4.69) is 15.5 Å². The summed E-state index contributed by atoms with van der Waals surface area (Å²) in [6, 6.07) is 10.0. The van der Waals surface area contributed by atoms with Gasteiger partial charge in [-0.15, -0.1) is 0 Å². The summed E-state index contributed by atoms with van der Waals surface area (Å²) in [5.41, 5.74) is 16.6. The summed E-state index contributed by atoms with van der Waals surface area (Å²) in [6.07, 6.45) is 6.03. The number of fused-ring (bicyclic) bond motifs is 4. The molecule has 0 saturated heterocycles. The predicted molar refractivity (Wildman–Crippen MR) is 265 cm³/mol. The molecule has 7 aromatic rings. The largest absolute Gasteiger partial charge is 0.491 e. The zero-order valence-electron chi connectivity index (χ0n) is 41.0. The first kappa shape index (κ1) is 52.1. The highest BCUT2D eigenvalue weighted by Gasteiger charge is 2.24. The maximum absolute atomic E-state index is 13.9. The van der Waals surface area contributed by atoms with E-state index >= 15 is 0 Å². The Kier molecular flexibility index (Phi) is 17.7. The van der Waals surface area contributed by atoms with Crippen molar-refractivity contribution in [1.29, 1.82) is 0 Å². The number of carbonyl (C=O) groups is 4. The highest BCUT2D eigenvalue weighted by molar-refractivity contribution is 6.12. The Morgan fingerprint density at radius 2 is 1.31 bits per heavy atom. The summed E-state index contributed by atoms with van der Waals surface area (Å²) in [7, 11) is 1.60. The number of nitrogens with zero attached hydrogens (tertiary/aromatic N) is 9. The third kappa shape index (κ3) is 12.4. The summed E-state index contributed by atoms with van der Waals surface area (Å²) in [5, 5.41) is 22.0. The van der Waals surface area contributed by atoms with Crippen LogP contribution in [0.4, 0.5) is 5.95 Å². The van der Waals surface area contributed by atoms with Crippen LogP contribution in [0, 0.1) is 13.8 Å². The number of rotatable bonds is 29. The predicted octanol–water partition coefficient (Wildman–Crippen LogP) is 4.68. The molecule has 0 aliphatic carbocycles. The third-order valence-corrected chi connectivity index (χ3v) is 11.3. The van der Waals surface area contributed by atoms with E-state index in [0.717, 1.165) is 11.4 Å². The lowest BCUT2D eigenvalue weighted by Gasteiger charge is -2.13. The van der Waals surface area contributed by atoms with Gasteiger partial charge in [0.15, 0.2) is 5.82 Å². The smallest absolute Gasteiger partial charge is 0.305 e. The van der Waals surface area contributed by atoms with Gasteiger partial charge in [0.25, 0.3) is 5.91 Å². The molecule has 3 amide bonds. The van der Waals surface area contributed by atoms with Crippen molar-refractivity contribution in [3.8, 4) is 23.0 Å². The Morgan fingerprint density at radius 3 is 1.97 bits per heavy atom. The Labute approximate surface area is 414 Å². The summed E-state index contributed by atoms with van der Waals surface area (Å²) in [5.74, 6) is -1.37. The van der Waals surface area contributed by atoms with Crippen LogP contribution < -0.4 is 26.3 Å². The van der Waals surface area contributed by atoms with E-state index in [-0.39, 0.29) is 89.4 Å². The monoisotopic (exact) mass is 992 g/mol. The molecule has 0 saturated carbocycles. The number of aliphatic carboxylic acids is 1. The highest BCUT2D eigenvalue weighted by Crippen LogP contribution is 2.37. The Morgan fingerprint density at radius 1 is 0.694 bits per heavy atom. The van der Waals surface area contributed by atoms with Crippen LogP contribution in [0.3, 0.4) is 0 Å². The molecule has 0 fully saturated rings. The molecule has 0 radical (unpaired) electrons. The minimum Gasteiger partial charge on any atom is -0.491 e. The summed E-state index contributed by atoms with van der Waals surface area (Å²) >= 11 is 0. The van der Waals surface area contributed by atoms with E-state index in [4.69, 9.17) is 59.9 Å². The van der Waals surface area contributed by atoms with Gasteiger partial charge >= 0.3 is 5.97 Å². The van der Waals surface area contributed by atoms with Crippen LogP contribution in [0.1, 0.15) is 69.3 Å². The number of aromatic nitrogens is 9. The van der Waals surface area contributed by atoms with Crippen molar-refractivity contribution in [2.24, 2.45) is 11.5 Å². The topological polar surface area (TPSA) is 292 Å². The van der Waals surface area contributed by atoms with Gasteiger partial charge in [0.1, 0.15) is 40.7 Å². The fraction of sp³-hybridized carbons (Fsp3) is 0.408. The number of carbonyl (C=O) groups excluding carboxylic acids is 3. The van der Waals surface area contributed by atoms with Crippen LogP contribution in [0.25, 0.3) is 44.5 Å². The number of aryl methyl sites for hydroxylation is 4. The number of benzene rings is 2. The van der Waals surface area contributed by atoms with Gasteiger partial charge in [-0.05, 0) is 64.1 Å². The standard InChI is InChI=1S/C49H60N12O11/c1-6-60-37(23-30(3)56-60)46-52-29-35-34-25-32(44(50)64)27-39(72-22-21-70-20-19-69-18-17-68-16-11-41(62)63)42(34)58(47(35)54-46)12-8-9-13-59-43-36(26-33(45(51)65)28-40(43)71-15-10-14-67-5)53-49(59)55-48(66)38-24-31(4)57-61(38)7-2/h8-9,23-29H,6-7,10-22H2,1-5H3,(H2,50,64)(H2,51,65)(H,62,63)(H,53,55,66). The molecule has 23 nitrogen and oxygen atoms in total. The quantitative estimate of drug-likeness (QED) is 0.0366. The number of allylic oxidation sites excluding steroid dienone is 2. The van der Waals surface area contributed by atoms with Crippen molar-refractivity contribution in [2.75, 3.05) is 71.9 Å². The van der Waals surface area contributed by atoms with E-state index in [0.29, 0.717) is 87.8 Å². The molecule has 0 spiro atoms. The van der Waals surface area contributed by atoms with Crippen LogP contribution in [0.2, 0.25) is 0 Å². The first-order valence-electron chi connectivity index (χ1n) is 23.5. The Bertz CT molecular complexity index is 3100. The molecule has 0 aliphatic rings. The molecule has 0 aliphatic heterocycles. The molecular formula is C49H60N12O11. The highest BCUT2D eigenvalue weighted by atomic mass is 16.6. The zero-order chi connectivity index (χ0) is 51.3. The number of nitrogens with two attached hydrogens (primary N) is 2. The van der Waals surface area contributed by atoms with Crippen molar-refractivity contribution in [3.05, 3.63) is 83.0 Å². The molecule has 5 aromatic heterocycles. The summed E-state index contributed by atoms with van der Waals surface area (Å²) in [4.78, 5) is 64.6. The number of anilines is 1. The second-order valence-corrected chi connectivity index (χ2v) is 16.5. The van der Waals surface area contributed by atoms with Crippen molar-refractivity contribution in [2.45, 2.75) is 66.7 Å². The van der Waals surface area contributed by atoms with Gasteiger partial charge in [0.2, 0.25) is 17.8 Å². The van der Waals surface area contributed by atoms with Gasteiger partial charge in [0, 0.05) is 74.4 Å². The van der Waals surface area contributed by atoms with Crippen LogP contribution >= 0.6 is 0 Å². The number of amides is 3. The van der Waals surface area contributed by atoms with Gasteiger partial charge in [-0.1, -0.05) is 12.2 Å². The molecule has 0 bridgehead atoms. The Balaban J connectivity index is 1.23. The van der Waals surface area contributed by atoms with Crippen molar-refractivity contribution in [1.82, 2.24) is 43.6 Å². The van der Waals surface area contributed by atoms with Gasteiger partial charge in [-0.3, -0.25) is 33.9 Å². The number of hydrogen-bond acceptors (Lipinski definition) is 15. The first-order chi connectivity index (χ1) is 34.8. The SMILES string of the molecule is CCn1nc(C)cc1C(=O)Nc1nc2cc(C(N)=O)cc(OCCCOC)c2n1CC=CCn1c2nc(-c3cc(C)nn3CC)ncc2c2cc(C(N)=O)cc(OCCOCCOCCOCCC(=O)O)c21. The van der Waals surface area contributed by atoms with E-state index in [1.807, 2.05) is 55.2 Å². The number of primary amides is 2. The van der Waals surface area contributed by atoms with E-state index in [9.17, 15) is 19.2 Å². The molecule has 23 heteroatoms. The summed E-state index contributed by atoms with van der Waals surface area (Å²) in [6.45, 7) is 11.2. The maximum Gasteiger partial charge on any atom is 0.305 e. The third-order valence-electron chi connectivity index (χ3n) is 11.3. The fourth-order valence-corrected chi connectivity index (χ4v) is 8.03. The number of hydrogen-bond donors (Lipinski definition) is 4. The molecule has 7 rings (SSSR count). The molecule has 2 aromatic carbocycles. The molecule has 0 atom stereocenters. The van der Waals surface area contributed by atoms with Gasteiger partial charge < -0.3 is 54.1 Å². The number of methoxy groups -OCH3 is 1. The summed E-state index contributed by atoms with van der Waals surface area (Å²) < 4.78 is 41.6. The van der Waals surface area contributed by atoms with E-state index in [1.54, 1.807) is 52.9 Å². The number of ether oxygens (including phenoxy) is 6. The van der Waals surface area contributed by atoms with Gasteiger partial charge in [0.05, 0.1) is 75.1 Å². The van der Waals surface area contributed by atoms with Crippen molar-refractivity contribution < 1.29 is 52.7 Å². The van der Waals surface area contributed by atoms with Crippen molar-refractivity contribution >= 4 is 62.6 Å². The van der Waals surface area contributed by atoms with E-state index in [1.165, 1.54) is 0 Å². The molecule has 5 heterocycles. The molecule has 0 unspecified atom stereocenters. The van der Waals surface area contributed by atoms with Crippen LogP contribution in [-0.4, -0.2) is 139 Å².